The lowest BCUT2D eigenvalue weighted by molar-refractivity contribution is -0.147. The zero-order chi connectivity index (χ0) is 50.6. The van der Waals surface area contributed by atoms with Crippen LogP contribution >= 0.6 is 11.8 Å². The number of hydrogen-bond acceptors (Lipinski definition) is 11. The minimum Gasteiger partial charge on any atom is -0.497 e. The first-order chi connectivity index (χ1) is 31.2. The van der Waals surface area contributed by atoms with Crippen LogP contribution in [0.5, 0.6) is 5.75 Å². The Kier molecular flexibility index (Phi) is 22.8. The van der Waals surface area contributed by atoms with Crippen molar-refractivity contribution < 1.29 is 71.3 Å². The number of thioether (sulfide) groups is 1. The molecule has 6 atom stereocenters. The van der Waals surface area contributed by atoms with Crippen LogP contribution in [0, 0.1) is 18.3 Å². The molecule has 0 aromatic heterocycles. The van der Waals surface area contributed by atoms with Crippen LogP contribution in [0.2, 0.25) is 0 Å². The Morgan fingerprint density at radius 3 is 1.82 bits per heavy atom. The highest BCUT2D eigenvalue weighted by Gasteiger charge is 2.39. The molecule has 67 heavy (non-hydrogen) atoms. The van der Waals surface area contributed by atoms with Crippen molar-refractivity contribution in [1.82, 2.24) is 31.9 Å². The van der Waals surface area contributed by atoms with Crippen LogP contribution in [0.3, 0.4) is 0 Å². The van der Waals surface area contributed by atoms with Crippen molar-refractivity contribution in [1.29, 1.82) is 0 Å². The minimum atomic E-state index is -4.78. The molecular formula is C45H61F3N6O12S. The third-order valence-electron chi connectivity index (χ3n) is 9.96. The molecule has 0 saturated heterocycles. The lowest BCUT2D eigenvalue weighted by atomic mass is 9.85. The van der Waals surface area contributed by atoms with E-state index < -0.39 is 121 Å². The van der Waals surface area contributed by atoms with Crippen LogP contribution < -0.4 is 36.6 Å². The average Bonchev–Trinajstić information content (AvgIpc) is 3.22. The molecule has 0 aliphatic rings. The first kappa shape index (κ1) is 56.9. The zero-order valence-electron chi connectivity index (χ0n) is 38.4. The number of ether oxygens (including phenoxy) is 1. The van der Waals surface area contributed by atoms with Gasteiger partial charge in [-0.3, -0.25) is 38.4 Å². The van der Waals surface area contributed by atoms with Crippen LogP contribution in [0.25, 0.3) is 0 Å². The van der Waals surface area contributed by atoms with E-state index >= 15 is 0 Å². The van der Waals surface area contributed by atoms with E-state index in [1.165, 1.54) is 18.9 Å². The molecule has 0 spiro atoms. The van der Waals surface area contributed by atoms with Crippen molar-refractivity contribution in [2.45, 2.75) is 128 Å². The number of amides is 6. The molecule has 0 saturated carbocycles. The van der Waals surface area contributed by atoms with Crippen molar-refractivity contribution in [2.24, 2.45) is 11.3 Å². The molecule has 2 aromatic rings. The number of halogens is 3. The summed E-state index contributed by atoms with van der Waals surface area (Å²) in [7, 11) is 1.50. The third-order valence-corrected chi connectivity index (χ3v) is 11.1. The molecule has 22 heteroatoms. The van der Waals surface area contributed by atoms with Gasteiger partial charge < -0.3 is 51.6 Å². The number of methoxy groups -OCH3 is 1. The highest BCUT2D eigenvalue weighted by Crippen LogP contribution is 2.23. The zero-order valence-corrected chi connectivity index (χ0v) is 39.2. The van der Waals surface area contributed by atoms with E-state index in [1.54, 1.807) is 90.1 Å². The second-order valence-electron chi connectivity index (χ2n) is 17.3. The van der Waals surface area contributed by atoms with E-state index in [0.717, 1.165) is 11.1 Å². The Morgan fingerprint density at radius 2 is 1.28 bits per heavy atom. The van der Waals surface area contributed by atoms with Gasteiger partial charge in [0.05, 0.1) is 32.4 Å². The van der Waals surface area contributed by atoms with Gasteiger partial charge >= 0.3 is 18.1 Å². The van der Waals surface area contributed by atoms with Gasteiger partial charge in [-0.2, -0.15) is 24.9 Å². The number of carboxylic acid groups (broad SMARTS) is 2. The second-order valence-corrected chi connectivity index (χ2v) is 18.3. The molecule has 0 radical (unpaired) electrons. The molecule has 0 unspecified atom stereocenters. The number of nitrogens with one attached hydrogen (secondary N) is 6. The van der Waals surface area contributed by atoms with Gasteiger partial charge in [0.25, 0.3) is 0 Å². The maximum Gasteiger partial charge on any atom is 0.391 e. The summed E-state index contributed by atoms with van der Waals surface area (Å²) in [6.45, 7) is 9.92. The molecule has 0 heterocycles. The SMILES string of the molecule is COc1ccc(CSC[C@@H](NC(=O)[C@@H](CC(=O)O)NC(=O)CCC(=O)O)C(=O)N[C@@H](Cc2ccccc2C)C(=O)N[C@H](C(=O)N[C@@H](CC(C)C)C(=O)N[C@H](C=O)CC(F)(F)F)C(C)(C)C)cc1. The first-order valence-corrected chi connectivity index (χ1v) is 22.4. The van der Waals surface area contributed by atoms with E-state index in [0.29, 0.717) is 17.1 Å². The molecule has 0 fully saturated rings. The standard InChI is InChI=1S/C45H61F3N6O12S/c1-25(2)18-31(39(61)49-29(22-55)21-45(46,47)48)52-43(65)38(44(4,5)6)54-41(63)32(19-28-11-9-8-10-26(28)3)51-42(64)34(24-67-23-27-12-14-30(66-7)15-13-27)53-40(62)33(20-37(59)60)50-35(56)16-17-36(57)58/h8-15,22,25,29,31-34,38H,16-21,23-24H2,1-7H3,(H,49,61)(H,50,56)(H,51,64)(H,52,65)(H,53,62)(H,54,63)(H,57,58)(H,59,60)/t29-,31-,32-,33+,34+,38+/m0/s1. The van der Waals surface area contributed by atoms with Gasteiger partial charge in [-0.05, 0) is 53.5 Å². The van der Waals surface area contributed by atoms with Gasteiger partial charge in [0.2, 0.25) is 35.4 Å². The molecule has 0 aliphatic heterocycles. The molecule has 8 N–H and O–H groups in total. The Bertz CT molecular complexity index is 2050. The number of hydrogen-bond donors (Lipinski definition) is 8. The Hall–Kier alpha value is -6.19. The summed E-state index contributed by atoms with van der Waals surface area (Å²) in [5.74, 6) is -8.17. The molecular weight excluding hydrogens is 906 g/mol. The second kappa shape index (κ2) is 26.8. The van der Waals surface area contributed by atoms with Gasteiger partial charge in [0.1, 0.15) is 42.2 Å². The maximum absolute atomic E-state index is 14.4. The van der Waals surface area contributed by atoms with Crippen molar-refractivity contribution in [3.05, 3.63) is 65.2 Å². The fraction of sp³-hybridized carbons (Fsp3) is 0.533. The van der Waals surface area contributed by atoms with E-state index in [1.807, 2.05) is 5.32 Å². The molecule has 18 nitrogen and oxygen atoms in total. The summed E-state index contributed by atoms with van der Waals surface area (Å²) < 4.78 is 44.5. The number of carbonyl (C=O) groups is 9. The number of alkyl halides is 3. The Balaban J connectivity index is 2.54. The van der Waals surface area contributed by atoms with Crippen LogP contribution in [0.15, 0.2) is 48.5 Å². The highest BCUT2D eigenvalue weighted by atomic mass is 32.2. The fourth-order valence-corrected chi connectivity index (χ4v) is 7.44. The Labute approximate surface area is 391 Å². The summed E-state index contributed by atoms with van der Waals surface area (Å²) >= 11 is 1.18. The predicted molar refractivity (Wildman–Crippen MR) is 240 cm³/mol. The third kappa shape index (κ3) is 21.3. The monoisotopic (exact) mass is 966 g/mol. The molecule has 0 bridgehead atoms. The maximum atomic E-state index is 14.4. The molecule has 2 rings (SSSR count). The topological polar surface area (TPSA) is 275 Å². The number of aryl methyl sites for hydroxylation is 1. The number of aliphatic carboxylic acids is 2. The van der Waals surface area contributed by atoms with E-state index in [9.17, 15) is 61.4 Å². The van der Waals surface area contributed by atoms with Crippen molar-refractivity contribution >= 4 is 65.4 Å². The number of carbonyl (C=O) groups excluding carboxylic acids is 7. The van der Waals surface area contributed by atoms with Gasteiger partial charge in [0, 0.05) is 24.3 Å². The normalized spacial score (nSPS) is 14.2. The van der Waals surface area contributed by atoms with E-state index in [4.69, 9.17) is 9.84 Å². The predicted octanol–water partition coefficient (Wildman–Crippen LogP) is 2.97. The quantitative estimate of drug-likeness (QED) is 0.0599. The lowest BCUT2D eigenvalue weighted by Gasteiger charge is -2.34. The summed E-state index contributed by atoms with van der Waals surface area (Å²) in [5.41, 5.74) is 1.01. The fourth-order valence-electron chi connectivity index (χ4n) is 6.43. The molecule has 6 amide bonds. The van der Waals surface area contributed by atoms with Crippen molar-refractivity contribution in [3.63, 3.8) is 0 Å². The van der Waals surface area contributed by atoms with Crippen LogP contribution in [-0.4, -0.2) is 119 Å². The largest absolute Gasteiger partial charge is 0.497 e. The molecule has 370 valence electrons. The van der Waals surface area contributed by atoms with Crippen LogP contribution in [0.1, 0.15) is 83.4 Å². The van der Waals surface area contributed by atoms with Gasteiger partial charge in [0.15, 0.2) is 0 Å². The van der Waals surface area contributed by atoms with E-state index in [2.05, 4.69) is 26.6 Å². The first-order valence-electron chi connectivity index (χ1n) is 21.2. The highest BCUT2D eigenvalue weighted by molar-refractivity contribution is 7.98. The summed E-state index contributed by atoms with van der Waals surface area (Å²) in [5, 5.41) is 33.1. The van der Waals surface area contributed by atoms with Crippen LogP contribution in [-0.2, 0) is 55.3 Å². The lowest BCUT2D eigenvalue weighted by Crippen LogP contribution is -2.62. The van der Waals surface area contributed by atoms with Crippen molar-refractivity contribution in [3.8, 4) is 5.75 Å². The van der Waals surface area contributed by atoms with Crippen molar-refractivity contribution in [2.75, 3.05) is 12.9 Å². The van der Waals surface area contributed by atoms with E-state index in [-0.39, 0.29) is 30.8 Å². The number of aldehydes is 1. The smallest absolute Gasteiger partial charge is 0.391 e. The van der Waals surface area contributed by atoms with Gasteiger partial charge in [-0.1, -0.05) is 71.0 Å². The van der Waals surface area contributed by atoms with Gasteiger partial charge in [-0.25, -0.2) is 0 Å². The average molecular weight is 967 g/mol. The molecule has 2 aromatic carbocycles. The Morgan fingerprint density at radius 1 is 0.716 bits per heavy atom. The molecule has 0 aliphatic carbocycles. The van der Waals surface area contributed by atoms with Crippen LogP contribution in [0.4, 0.5) is 13.2 Å². The minimum absolute atomic E-state index is 0.0606. The summed E-state index contributed by atoms with van der Waals surface area (Å²) in [4.78, 5) is 117. The summed E-state index contributed by atoms with van der Waals surface area (Å²) in [6.07, 6.45) is -8.82. The number of rotatable bonds is 27. The number of benzene rings is 2. The van der Waals surface area contributed by atoms with Gasteiger partial charge in [-0.15, -0.1) is 0 Å². The number of carboxylic acids is 2. The summed E-state index contributed by atoms with van der Waals surface area (Å²) in [6, 6.07) is 4.38.